The van der Waals surface area contributed by atoms with Crippen molar-refractivity contribution >= 4 is 10.0 Å². The fraction of sp³-hybridized carbons (Fsp3) is 0.333. The molecule has 1 aliphatic rings. The van der Waals surface area contributed by atoms with Gasteiger partial charge in [0.1, 0.15) is 22.2 Å². The minimum atomic E-state index is -3.73. The molecule has 2 aromatic carbocycles. The highest BCUT2D eigenvalue weighted by molar-refractivity contribution is 7.89. The van der Waals surface area contributed by atoms with Crippen LogP contribution in [0.1, 0.15) is 24.7 Å². The lowest BCUT2D eigenvalue weighted by Crippen LogP contribution is -2.38. The summed E-state index contributed by atoms with van der Waals surface area (Å²) in [6.45, 7) is 0.632. The number of hydrogen-bond donors (Lipinski definition) is 0. The number of nitrogens with zero attached hydrogens (tertiary/aromatic N) is 3. The van der Waals surface area contributed by atoms with Gasteiger partial charge in [-0.1, -0.05) is 0 Å². The van der Waals surface area contributed by atoms with Crippen molar-refractivity contribution < 1.29 is 26.7 Å². The maximum Gasteiger partial charge on any atom is 0.247 e. The second-order valence-electron chi connectivity index (χ2n) is 7.15. The first-order chi connectivity index (χ1) is 14.9. The summed E-state index contributed by atoms with van der Waals surface area (Å²) in [5, 5.41) is 8.16. The Bertz CT molecular complexity index is 1160. The molecular formula is C21H22FN3O5S. The standard InChI is InChI=1S/C21H22FN3O5S/c1-28-17-7-8-19(18(13-17)29-2)31(26,27)25-11-9-15(10-12-25)21-24-23-20(30-21)14-3-5-16(22)6-4-14/h3-8,13,15H,9-12H2,1-2H3. The number of piperidine rings is 1. The van der Waals surface area contributed by atoms with Crippen LogP contribution in [0, 0.1) is 5.82 Å². The summed E-state index contributed by atoms with van der Waals surface area (Å²) in [4.78, 5) is 0.102. The Morgan fingerprint density at radius 3 is 2.39 bits per heavy atom. The van der Waals surface area contributed by atoms with Gasteiger partial charge in [-0.05, 0) is 49.2 Å². The molecule has 0 saturated carbocycles. The topological polar surface area (TPSA) is 94.8 Å². The number of rotatable bonds is 6. The van der Waals surface area contributed by atoms with Gasteiger partial charge in [0.2, 0.25) is 21.8 Å². The third kappa shape index (κ3) is 4.26. The summed E-state index contributed by atoms with van der Waals surface area (Å²) in [5.41, 5.74) is 0.631. The van der Waals surface area contributed by atoms with E-state index in [0.717, 1.165) is 0 Å². The van der Waals surface area contributed by atoms with E-state index in [0.29, 0.717) is 49.0 Å². The van der Waals surface area contributed by atoms with Crippen LogP contribution < -0.4 is 9.47 Å². The lowest BCUT2D eigenvalue weighted by molar-refractivity contribution is 0.290. The second-order valence-corrected chi connectivity index (χ2v) is 9.05. The highest BCUT2D eigenvalue weighted by Crippen LogP contribution is 2.35. The first-order valence-electron chi connectivity index (χ1n) is 9.74. The molecule has 0 bridgehead atoms. The number of hydrogen-bond acceptors (Lipinski definition) is 7. The molecule has 8 nitrogen and oxygen atoms in total. The third-order valence-corrected chi connectivity index (χ3v) is 7.26. The van der Waals surface area contributed by atoms with Crippen LogP contribution in [0.3, 0.4) is 0 Å². The van der Waals surface area contributed by atoms with E-state index in [4.69, 9.17) is 13.9 Å². The molecule has 31 heavy (non-hydrogen) atoms. The average molecular weight is 447 g/mol. The molecule has 0 unspecified atom stereocenters. The van der Waals surface area contributed by atoms with Crippen molar-refractivity contribution in [2.24, 2.45) is 0 Å². The van der Waals surface area contributed by atoms with E-state index in [1.165, 1.54) is 36.7 Å². The number of ether oxygens (including phenoxy) is 2. The molecule has 1 aliphatic heterocycles. The van der Waals surface area contributed by atoms with Crippen molar-refractivity contribution in [2.45, 2.75) is 23.7 Å². The van der Waals surface area contributed by atoms with Crippen molar-refractivity contribution in [1.29, 1.82) is 0 Å². The van der Waals surface area contributed by atoms with Crippen LogP contribution in [0.2, 0.25) is 0 Å². The molecule has 10 heteroatoms. The molecule has 1 saturated heterocycles. The highest BCUT2D eigenvalue weighted by atomic mass is 32.2. The van der Waals surface area contributed by atoms with E-state index < -0.39 is 10.0 Å². The minimum Gasteiger partial charge on any atom is -0.497 e. The van der Waals surface area contributed by atoms with Gasteiger partial charge in [-0.3, -0.25) is 0 Å². The van der Waals surface area contributed by atoms with Gasteiger partial charge in [-0.15, -0.1) is 10.2 Å². The normalized spacial score (nSPS) is 15.7. The summed E-state index contributed by atoms with van der Waals surface area (Å²) in [6, 6.07) is 10.4. The van der Waals surface area contributed by atoms with Crippen LogP contribution in [-0.4, -0.2) is 50.2 Å². The van der Waals surface area contributed by atoms with Gasteiger partial charge in [0.05, 0.1) is 14.2 Å². The Kier molecular flexibility index (Phi) is 5.92. The van der Waals surface area contributed by atoms with E-state index in [1.807, 2.05) is 0 Å². The molecule has 2 heterocycles. The zero-order valence-corrected chi connectivity index (χ0v) is 17.9. The zero-order chi connectivity index (χ0) is 22.0. The fourth-order valence-corrected chi connectivity index (χ4v) is 5.19. The van der Waals surface area contributed by atoms with Crippen LogP contribution in [0.25, 0.3) is 11.5 Å². The smallest absolute Gasteiger partial charge is 0.247 e. The maximum atomic E-state index is 13.1. The van der Waals surface area contributed by atoms with Crippen molar-refractivity contribution in [3.05, 3.63) is 54.2 Å². The van der Waals surface area contributed by atoms with E-state index in [1.54, 1.807) is 24.3 Å². The SMILES string of the molecule is COc1ccc(S(=O)(=O)N2CCC(c3nnc(-c4ccc(F)cc4)o3)CC2)c(OC)c1. The third-order valence-electron chi connectivity index (χ3n) is 5.32. The monoisotopic (exact) mass is 447 g/mol. The molecule has 0 atom stereocenters. The minimum absolute atomic E-state index is 0.0501. The van der Waals surface area contributed by atoms with Crippen LogP contribution >= 0.6 is 0 Å². The van der Waals surface area contributed by atoms with Crippen molar-refractivity contribution in [3.63, 3.8) is 0 Å². The van der Waals surface area contributed by atoms with Gasteiger partial charge < -0.3 is 13.9 Å². The van der Waals surface area contributed by atoms with Gasteiger partial charge in [0.25, 0.3) is 0 Å². The Morgan fingerprint density at radius 2 is 1.74 bits per heavy atom. The molecule has 1 aromatic heterocycles. The Hall–Kier alpha value is -2.98. The van der Waals surface area contributed by atoms with E-state index >= 15 is 0 Å². The number of halogens is 1. The molecule has 0 aliphatic carbocycles. The number of sulfonamides is 1. The van der Waals surface area contributed by atoms with Crippen molar-refractivity contribution in [2.75, 3.05) is 27.3 Å². The highest BCUT2D eigenvalue weighted by Gasteiger charge is 2.33. The summed E-state index contributed by atoms with van der Waals surface area (Å²) in [7, 11) is -0.795. The van der Waals surface area contributed by atoms with Gasteiger partial charge in [0.15, 0.2) is 0 Å². The Balaban J connectivity index is 1.47. The zero-order valence-electron chi connectivity index (χ0n) is 17.1. The van der Waals surface area contributed by atoms with Crippen molar-refractivity contribution in [3.8, 4) is 23.0 Å². The predicted octanol–water partition coefficient (Wildman–Crippen LogP) is 3.46. The summed E-state index contributed by atoms with van der Waals surface area (Å²) >= 11 is 0. The summed E-state index contributed by atoms with van der Waals surface area (Å²) in [6.07, 6.45) is 1.09. The largest absolute Gasteiger partial charge is 0.497 e. The van der Waals surface area contributed by atoms with E-state index in [-0.39, 0.29) is 22.4 Å². The molecule has 0 N–H and O–H groups in total. The molecule has 0 radical (unpaired) electrons. The molecular weight excluding hydrogens is 425 g/mol. The molecule has 0 amide bonds. The van der Waals surface area contributed by atoms with Gasteiger partial charge in [-0.25, -0.2) is 12.8 Å². The molecule has 164 valence electrons. The first-order valence-corrected chi connectivity index (χ1v) is 11.2. The van der Waals surface area contributed by atoms with Gasteiger partial charge in [-0.2, -0.15) is 4.31 Å². The number of methoxy groups -OCH3 is 2. The fourth-order valence-electron chi connectivity index (χ4n) is 3.58. The molecule has 1 fully saturated rings. The lowest BCUT2D eigenvalue weighted by atomic mass is 9.98. The summed E-state index contributed by atoms with van der Waals surface area (Å²) < 4.78 is 57.0. The van der Waals surface area contributed by atoms with Gasteiger partial charge in [0, 0.05) is 30.6 Å². The number of benzene rings is 2. The van der Waals surface area contributed by atoms with Crippen LogP contribution in [-0.2, 0) is 10.0 Å². The molecule has 0 spiro atoms. The maximum absolute atomic E-state index is 13.1. The first kappa shape index (κ1) is 21.3. The van der Waals surface area contributed by atoms with Crippen LogP contribution in [0.15, 0.2) is 51.8 Å². The van der Waals surface area contributed by atoms with E-state index in [2.05, 4.69) is 10.2 Å². The molecule has 3 aromatic rings. The average Bonchev–Trinajstić information content (AvgIpc) is 3.29. The van der Waals surface area contributed by atoms with Crippen LogP contribution in [0.5, 0.6) is 11.5 Å². The lowest BCUT2D eigenvalue weighted by Gasteiger charge is -2.30. The van der Waals surface area contributed by atoms with Gasteiger partial charge >= 0.3 is 0 Å². The van der Waals surface area contributed by atoms with Crippen molar-refractivity contribution in [1.82, 2.24) is 14.5 Å². The quantitative estimate of drug-likeness (QED) is 0.571. The van der Waals surface area contributed by atoms with E-state index in [9.17, 15) is 12.8 Å². The molecule has 4 rings (SSSR count). The Labute approximate surface area is 179 Å². The Morgan fingerprint density at radius 1 is 1.03 bits per heavy atom. The second kappa shape index (κ2) is 8.64. The summed E-state index contributed by atoms with van der Waals surface area (Å²) in [5.74, 6) is 1.13. The van der Waals surface area contributed by atoms with Crippen LogP contribution in [0.4, 0.5) is 4.39 Å². The predicted molar refractivity (Wildman–Crippen MR) is 110 cm³/mol. The number of aromatic nitrogens is 2.